The Bertz CT molecular complexity index is 988. The minimum atomic E-state index is -0.908. The Morgan fingerprint density at radius 1 is 1.24 bits per heavy atom. The Kier molecular flexibility index (Phi) is 5.77. The third-order valence-corrected chi connectivity index (χ3v) is 4.54. The Labute approximate surface area is 166 Å². The van der Waals surface area contributed by atoms with Gasteiger partial charge in [0.2, 0.25) is 0 Å². The summed E-state index contributed by atoms with van der Waals surface area (Å²) in [6, 6.07) is 12.0. The van der Waals surface area contributed by atoms with E-state index in [-0.39, 0.29) is 11.3 Å². The van der Waals surface area contributed by atoms with E-state index in [1.807, 2.05) is 30.3 Å². The molecule has 0 bridgehead atoms. The zero-order valence-corrected chi connectivity index (χ0v) is 15.9. The van der Waals surface area contributed by atoms with Crippen LogP contribution < -0.4 is 20.7 Å². The molecule has 0 saturated heterocycles. The Hall–Kier alpha value is -3.88. The van der Waals surface area contributed by atoms with Crippen LogP contribution in [0, 0.1) is 10.1 Å². The lowest BCUT2D eigenvalue weighted by Gasteiger charge is -2.29. The Morgan fingerprint density at radius 2 is 1.97 bits per heavy atom. The van der Waals surface area contributed by atoms with Crippen molar-refractivity contribution in [3.8, 4) is 5.75 Å². The molecule has 0 radical (unpaired) electrons. The molecule has 0 fully saturated rings. The van der Waals surface area contributed by atoms with Gasteiger partial charge in [-0.1, -0.05) is 30.3 Å². The lowest BCUT2D eigenvalue weighted by molar-refractivity contribution is -0.385. The van der Waals surface area contributed by atoms with Gasteiger partial charge in [0.1, 0.15) is 5.75 Å². The molecule has 0 unspecified atom stereocenters. The summed E-state index contributed by atoms with van der Waals surface area (Å²) in [7, 11) is 1.42. The third kappa shape index (κ3) is 4.34. The topological polar surface area (TPSA) is 123 Å². The van der Waals surface area contributed by atoms with E-state index in [9.17, 15) is 19.7 Å². The molecular formula is C20H20N4O5. The van der Waals surface area contributed by atoms with Crippen LogP contribution >= 0.6 is 0 Å². The van der Waals surface area contributed by atoms with E-state index in [0.717, 1.165) is 5.56 Å². The second-order valence-corrected chi connectivity index (χ2v) is 6.42. The normalized spacial score (nSPS) is 15.9. The summed E-state index contributed by atoms with van der Waals surface area (Å²) < 4.78 is 5.31. The predicted molar refractivity (Wildman–Crippen MR) is 105 cm³/mol. The van der Waals surface area contributed by atoms with Gasteiger partial charge < -0.3 is 20.7 Å². The summed E-state index contributed by atoms with van der Waals surface area (Å²) in [5.41, 5.74) is 1.67. The van der Waals surface area contributed by atoms with Crippen molar-refractivity contribution in [2.24, 2.45) is 0 Å². The quantitative estimate of drug-likeness (QED) is 0.512. The lowest BCUT2D eigenvalue weighted by atomic mass is 9.93. The number of nitrogens with zero attached hydrogens (tertiary/aromatic N) is 1. The molecule has 0 saturated carbocycles. The predicted octanol–water partition coefficient (Wildman–Crippen LogP) is 2.55. The van der Waals surface area contributed by atoms with E-state index in [1.165, 1.54) is 25.3 Å². The Balaban J connectivity index is 1.97. The number of hydrogen-bond donors (Lipinski definition) is 3. The fraction of sp³-hybridized carbons (Fsp3) is 0.200. The van der Waals surface area contributed by atoms with E-state index >= 15 is 0 Å². The molecule has 1 aliphatic rings. The highest BCUT2D eigenvalue weighted by atomic mass is 16.6. The third-order valence-electron chi connectivity index (χ3n) is 4.54. The van der Waals surface area contributed by atoms with Gasteiger partial charge in [-0.05, 0) is 18.6 Å². The van der Waals surface area contributed by atoms with Gasteiger partial charge in [-0.15, -0.1) is 0 Å². The van der Waals surface area contributed by atoms with E-state index < -0.39 is 22.9 Å². The number of nitrogens with one attached hydrogen (secondary N) is 3. The maximum atomic E-state index is 13.0. The van der Waals surface area contributed by atoms with Crippen molar-refractivity contribution in [2.75, 3.05) is 7.11 Å². The average Bonchev–Trinajstić information content (AvgIpc) is 2.71. The summed E-state index contributed by atoms with van der Waals surface area (Å²) in [5, 5.41) is 19.3. The van der Waals surface area contributed by atoms with Crippen LogP contribution in [-0.2, 0) is 11.3 Å². The summed E-state index contributed by atoms with van der Waals surface area (Å²) >= 11 is 0. The number of urea groups is 1. The van der Waals surface area contributed by atoms with Gasteiger partial charge in [0.15, 0.2) is 0 Å². The second kappa shape index (κ2) is 8.42. The van der Waals surface area contributed by atoms with Crippen LogP contribution in [0.15, 0.2) is 59.8 Å². The van der Waals surface area contributed by atoms with Crippen molar-refractivity contribution in [3.63, 3.8) is 0 Å². The lowest BCUT2D eigenvalue weighted by Crippen LogP contribution is -2.47. The first-order chi connectivity index (χ1) is 13.9. The molecule has 3 rings (SSSR count). The van der Waals surface area contributed by atoms with E-state index in [4.69, 9.17) is 4.74 Å². The summed E-state index contributed by atoms with van der Waals surface area (Å²) in [6.07, 6.45) is 0. The highest BCUT2D eigenvalue weighted by Gasteiger charge is 2.33. The molecular weight excluding hydrogens is 376 g/mol. The maximum absolute atomic E-state index is 13.0. The maximum Gasteiger partial charge on any atom is 0.319 e. The molecule has 29 heavy (non-hydrogen) atoms. The number of carbonyl (C=O) groups excluding carboxylic acids is 2. The van der Waals surface area contributed by atoms with Crippen LogP contribution in [0.3, 0.4) is 0 Å². The number of rotatable bonds is 6. The molecule has 9 heteroatoms. The zero-order chi connectivity index (χ0) is 21.0. The smallest absolute Gasteiger partial charge is 0.319 e. The van der Waals surface area contributed by atoms with Crippen molar-refractivity contribution in [2.45, 2.75) is 19.5 Å². The van der Waals surface area contributed by atoms with Crippen LogP contribution in [0.25, 0.3) is 0 Å². The molecule has 1 heterocycles. The number of nitro groups is 1. The summed E-state index contributed by atoms with van der Waals surface area (Å²) in [4.78, 5) is 35.7. The molecule has 2 aromatic carbocycles. The summed E-state index contributed by atoms with van der Waals surface area (Å²) in [5.74, 6) is -0.0821. The largest absolute Gasteiger partial charge is 0.496 e. The van der Waals surface area contributed by atoms with Crippen molar-refractivity contribution < 1.29 is 19.2 Å². The number of allylic oxidation sites excluding steroid dienone is 1. The highest BCUT2D eigenvalue weighted by molar-refractivity contribution is 5.98. The van der Waals surface area contributed by atoms with Gasteiger partial charge in [0.05, 0.1) is 23.6 Å². The van der Waals surface area contributed by atoms with Gasteiger partial charge in [-0.3, -0.25) is 14.9 Å². The average molecular weight is 396 g/mol. The van der Waals surface area contributed by atoms with Crippen molar-refractivity contribution >= 4 is 17.6 Å². The number of hydrogen-bond acceptors (Lipinski definition) is 5. The molecule has 150 valence electrons. The minimum absolute atomic E-state index is 0.171. The zero-order valence-electron chi connectivity index (χ0n) is 15.9. The molecule has 0 spiro atoms. The molecule has 3 N–H and O–H groups in total. The minimum Gasteiger partial charge on any atom is -0.496 e. The van der Waals surface area contributed by atoms with Crippen molar-refractivity contribution in [1.29, 1.82) is 0 Å². The van der Waals surface area contributed by atoms with Gasteiger partial charge >= 0.3 is 6.03 Å². The fourth-order valence-corrected chi connectivity index (χ4v) is 3.16. The molecule has 0 aromatic heterocycles. The first-order valence-corrected chi connectivity index (χ1v) is 8.83. The van der Waals surface area contributed by atoms with Crippen LogP contribution in [0.5, 0.6) is 5.75 Å². The fourth-order valence-electron chi connectivity index (χ4n) is 3.16. The van der Waals surface area contributed by atoms with E-state index in [1.54, 1.807) is 6.92 Å². The van der Waals surface area contributed by atoms with Crippen LogP contribution in [-0.4, -0.2) is 24.0 Å². The number of methoxy groups -OCH3 is 1. The molecule has 3 amide bonds. The first-order valence-electron chi connectivity index (χ1n) is 8.83. The number of non-ortho nitro benzene ring substituents is 1. The monoisotopic (exact) mass is 396 g/mol. The van der Waals surface area contributed by atoms with Crippen LogP contribution in [0.4, 0.5) is 10.5 Å². The molecule has 2 aromatic rings. The Morgan fingerprint density at radius 3 is 2.62 bits per heavy atom. The number of ether oxygens (including phenoxy) is 1. The van der Waals surface area contributed by atoms with E-state index in [0.29, 0.717) is 23.6 Å². The highest BCUT2D eigenvalue weighted by Crippen LogP contribution is 2.35. The van der Waals surface area contributed by atoms with Gasteiger partial charge in [0.25, 0.3) is 11.6 Å². The number of nitro benzene ring substituents is 1. The first kappa shape index (κ1) is 19.9. The van der Waals surface area contributed by atoms with Crippen molar-refractivity contribution in [3.05, 3.63) is 81.0 Å². The van der Waals surface area contributed by atoms with Crippen molar-refractivity contribution in [1.82, 2.24) is 16.0 Å². The van der Waals surface area contributed by atoms with Crippen LogP contribution in [0.2, 0.25) is 0 Å². The summed E-state index contributed by atoms with van der Waals surface area (Å²) in [6.45, 7) is 1.90. The number of benzene rings is 2. The molecule has 1 atom stereocenters. The second-order valence-electron chi connectivity index (χ2n) is 6.42. The SMILES string of the molecule is COc1ccc([N+](=O)[O-])cc1[C@H]1NC(=O)NC(C)=C1C(=O)NCc1ccccc1. The van der Waals surface area contributed by atoms with E-state index in [2.05, 4.69) is 16.0 Å². The van der Waals surface area contributed by atoms with Gasteiger partial charge in [-0.25, -0.2) is 4.79 Å². The molecule has 9 nitrogen and oxygen atoms in total. The van der Waals surface area contributed by atoms with Gasteiger partial charge in [0, 0.05) is 29.9 Å². The van der Waals surface area contributed by atoms with Crippen LogP contribution in [0.1, 0.15) is 24.1 Å². The molecule has 0 aliphatic carbocycles. The van der Waals surface area contributed by atoms with Gasteiger partial charge in [-0.2, -0.15) is 0 Å². The standard InChI is InChI=1S/C20H20N4O5/c1-12-17(19(25)21-11-13-6-4-3-5-7-13)18(23-20(26)22-12)15-10-14(24(27)28)8-9-16(15)29-2/h3-10,18H,11H2,1-2H3,(H,21,25)(H2,22,23,26)/t18-/m1/s1. The molecule has 1 aliphatic heterocycles. The number of amides is 3. The number of carbonyl (C=O) groups is 2.